The highest BCUT2D eigenvalue weighted by atomic mass is 79.9. The highest BCUT2D eigenvalue weighted by Crippen LogP contribution is 2.22. The number of rotatable bonds is 1. The SMILES string of the molecule is BrSc1ccccc1.F.F.F.F.F. The van der Waals surface area contributed by atoms with Gasteiger partial charge in [-0.2, -0.15) is 0 Å². The van der Waals surface area contributed by atoms with Crippen LogP contribution in [0.3, 0.4) is 0 Å². The van der Waals surface area contributed by atoms with Gasteiger partial charge in [-0.1, -0.05) is 18.2 Å². The Bertz CT molecular complexity index is 162. The Hall–Kier alpha value is -0.300. The third kappa shape index (κ3) is 11.7. The van der Waals surface area contributed by atoms with E-state index in [0.717, 1.165) is 0 Å². The summed E-state index contributed by atoms with van der Waals surface area (Å²) in [6.45, 7) is 0. The lowest BCUT2D eigenvalue weighted by molar-refractivity contribution is 1.11. The third-order valence-corrected chi connectivity index (χ3v) is 2.40. The fourth-order valence-corrected chi connectivity index (χ4v) is 1.38. The van der Waals surface area contributed by atoms with Gasteiger partial charge in [-0.15, -0.1) is 0 Å². The van der Waals surface area contributed by atoms with Gasteiger partial charge in [0, 0.05) is 4.90 Å². The van der Waals surface area contributed by atoms with Crippen molar-refractivity contribution < 1.29 is 23.5 Å². The molecule has 1 aromatic rings. The average molecular weight is 289 g/mol. The van der Waals surface area contributed by atoms with E-state index in [0.29, 0.717) is 0 Å². The summed E-state index contributed by atoms with van der Waals surface area (Å²) in [7, 11) is 1.58. The molecule has 0 nitrogen and oxygen atoms in total. The number of benzene rings is 1. The molecular weight excluding hydrogens is 279 g/mol. The van der Waals surface area contributed by atoms with E-state index < -0.39 is 0 Å². The highest BCUT2D eigenvalue weighted by molar-refractivity contribution is 9.50. The van der Waals surface area contributed by atoms with Crippen molar-refractivity contribution in [2.45, 2.75) is 4.90 Å². The molecule has 82 valence electrons. The van der Waals surface area contributed by atoms with Crippen LogP contribution in [0.2, 0.25) is 0 Å². The summed E-state index contributed by atoms with van der Waals surface area (Å²) in [5.74, 6) is 0. The number of hydrogen-bond donors (Lipinski definition) is 0. The first kappa shape index (κ1) is 29.3. The van der Waals surface area contributed by atoms with Crippen LogP contribution in [-0.4, -0.2) is 0 Å². The van der Waals surface area contributed by atoms with Crippen LogP contribution in [0.15, 0.2) is 35.2 Å². The minimum Gasteiger partial charge on any atom is -0.269 e. The first-order valence-electron chi connectivity index (χ1n) is 2.27. The van der Waals surface area contributed by atoms with Crippen molar-refractivity contribution in [3.63, 3.8) is 0 Å². The summed E-state index contributed by atoms with van der Waals surface area (Å²) in [5, 5.41) is 0. The van der Waals surface area contributed by atoms with Gasteiger partial charge in [0.2, 0.25) is 0 Å². The quantitative estimate of drug-likeness (QED) is 0.708. The molecule has 0 N–H and O–H groups in total. The molecule has 0 bridgehead atoms. The van der Waals surface area contributed by atoms with Gasteiger partial charge in [-0.25, -0.2) is 0 Å². The average Bonchev–Trinajstić information content (AvgIpc) is 1.90. The molecule has 0 spiro atoms. The molecule has 0 aromatic heterocycles. The number of halogens is 6. The van der Waals surface area contributed by atoms with Crippen molar-refractivity contribution in [1.29, 1.82) is 0 Å². The van der Waals surface area contributed by atoms with Crippen molar-refractivity contribution in [2.24, 2.45) is 0 Å². The zero-order valence-electron chi connectivity index (χ0n) is 6.21. The molecule has 0 saturated heterocycles. The maximum Gasteiger partial charge on any atom is 0.0188 e. The molecule has 0 saturated carbocycles. The maximum absolute atomic E-state index is 3.27. The van der Waals surface area contributed by atoms with Gasteiger partial charge in [0.05, 0.1) is 0 Å². The molecule has 0 unspecified atom stereocenters. The standard InChI is InChI=1S/C6H5BrS.5FH/c7-8-6-4-2-1-3-5-6;;;;;/h1-5H;5*1H. The fourth-order valence-electron chi connectivity index (χ4n) is 0.472. The second-order valence-electron chi connectivity index (χ2n) is 1.39. The summed E-state index contributed by atoms with van der Waals surface area (Å²) in [6.07, 6.45) is 0. The Labute approximate surface area is 84.1 Å². The van der Waals surface area contributed by atoms with Crippen LogP contribution in [0.1, 0.15) is 0 Å². The van der Waals surface area contributed by atoms with Crippen molar-refractivity contribution in [2.75, 3.05) is 0 Å². The van der Waals surface area contributed by atoms with Gasteiger partial charge >= 0.3 is 0 Å². The molecule has 0 aliphatic heterocycles. The Morgan fingerprint density at radius 1 is 0.769 bits per heavy atom. The van der Waals surface area contributed by atoms with Gasteiger partial charge in [-0.3, -0.25) is 23.5 Å². The summed E-state index contributed by atoms with van der Waals surface area (Å²) in [5.41, 5.74) is 0. The zero-order chi connectivity index (χ0) is 5.82. The van der Waals surface area contributed by atoms with Crippen LogP contribution in [0.25, 0.3) is 0 Å². The predicted octanol–water partition coefficient (Wildman–Crippen LogP) is 3.85. The molecule has 0 radical (unpaired) electrons. The first-order valence-corrected chi connectivity index (χ1v) is 4.93. The molecule has 0 atom stereocenters. The smallest absolute Gasteiger partial charge is 0.0188 e. The monoisotopic (exact) mass is 288 g/mol. The molecule has 1 rings (SSSR count). The van der Waals surface area contributed by atoms with Crippen LogP contribution in [-0.2, 0) is 0 Å². The van der Waals surface area contributed by atoms with Crippen LogP contribution < -0.4 is 0 Å². The first-order chi connectivity index (χ1) is 3.93. The van der Waals surface area contributed by atoms with Crippen molar-refractivity contribution >= 4 is 25.0 Å². The highest BCUT2D eigenvalue weighted by Gasteiger charge is 1.82. The van der Waals surface area contributed by atoms with Crippen LogP contribution >= 0.6 is 25.0 Å². The van der Waals surface area contributed by atoms with Gasteiger partial charge in [0.1, 0.15) is 0 Å². The summed E-state index contributed by atoms with van der Waals surface area (Å²) < 4.78 is 0. The van der Waals surface area contributed by atoms with E-state index in [1.54, 1.807) is 10.2 Å². The van der Waals surface area contributed by atoms with Crippen molar-refractivity contribution in [3.05, 3.63) is 30.3 Å². The lowest BCUT2D eigenvalue weighted by Gasteiger charge is -1.87. The Morgan fingerprint density at radius 2 is 1.15 bits per heavy atom. The van der Waals surface area contributed by atoms with E-state index in [4.69, 9.17) is 0 Å². The fraction of sp³-hybridized carbons (Fsp3) is 0. The Morgan fingerprint density at radius 3 is 1.38 bits per heavy atom. The molecule has 7 heteroatoms. The molecule has 0 amide bonds. The normalized spacial score (nSPS) is 5.62. The lowest BCUT2D eigenvalue weighted by Crippen LogP contribution is -1.59. The Balaban J connectivity index is -0.0000000427. The molecule has 0 fully saturated rings. The van der Waals surface area contributed by atoms with Gasteiger partial charge < -0.3 is 0 Å². The minimum absolute atomic E-state index is 0. The molecule has 0 heterocycles. The van der Waals surface area contributed by atoms with Crippen LogP contribution in [0.5, 0.6) is 0 Å². The molecular formula is C6H10BrF5S. The third-order valence-electron chi connectivity index (χ3n) is 0.832. The van der Waals surface area contributed by atoms with Crippen molar-refractivity contribution in [1.82, 2.24) is 0 Å². The Kier molecular flexibility index (Phi) is 39.9. The van der Waals surface area contributed by atoms with E-state index in [1.165, 1.54) is 4.90 Å². The molecule has 0 aliphatic carbocycles. The van der Waals surface area contributed by atoms with Gasteiger partial charge in [0.25, 0.3) is 0 Å². The summed E-state index contributed by atoms with van der Waals surface area (Å²) >= 11 is 3.27. The minimum atomic E-state index is 0. The topological polar surface area (TPSA) is 0 Å². The van der Waals surface area contributed by atoms with E-state index >= 15 is 0 Å². The molecule has 13 heavy (non-hydrogen) atoms. The van der Waals surface area contributed by atoms with E-state index in [9.17, 15) is 0 Å². The van der Waals surface area contributed by atoms with Crippen molar-refractivity contribution in [3.8, 4) is 0 Å². The van der Waals surface area contributed by atoms with Gasteiger partial charge in [0.15, 0.2) is 0 Å². The number of hydrogen-bond acceptors (Lipinski definition) is 1. The van der Waals surface area contributed by atoms with Crippen LogP contribution in [0, 0.1) is 0 Å². The van der Waals surface area contributed by atoms with E-state index in [2.05, 4.69) is 26.9 Å². The van der Waals surface area contributed by atoms with Gasteiger partial charge in [-0.05, 0) is 37.1 Å². The predicted molar refractivity (Wildman–Crippen MR) is 53.7 cm³/mol. The van der Waals surface area contributed by atoms with E-state index in [1.807, 2.05) is 18.2 Å². The second-order valence-corrected chi connectivity index (χ2v) is 2.99. The molecule has 1 aromatic carbocycles. The second kappa shape index (κ2) is 17.7. The maximum atomic E-state index is 3.27. The van der Waals surface area contributed by atoms with Crippen LogP contribution in [0.4, 0.5) is 23.5 Å². The summed E-state index contributed by atoms with van der Waals surface area (Å²) in [6, 6.07) is 10.2. The van der Waals surface area contributed by atoms with E-state index in [-0.39, 0.29) is 23.5 Å². The summed E-state index contributed by atoms with van der Waals surface area (Å²) in [4.78, 5) is 1.24. The molecule has 0 aliphatic rings. The largest absolute Gasteiger partial charge is 0.269 e. The zero-order valence-corrected chi connectivity index (χ0v) is 8.62. The lowest BCUT2D eigenvalue weighted by atomic mass is 10.4.